The molecule has 0 spiro atoms. The van der Waals surface area contributed by atoms with Crippen LogP contribution in [0.5, 0.6) is 17.2 Å². The number of halogens is 2. The van der Waals surface area contributed by atoms with E-state index in [9.17, 15) is 13.2 Å². The lowest BCUT2D eigenvalue weighted by Crippen LogP contribution is -2.30. The average Bonchev–Trinajstić information content (AvgIpc) is 2.91. The fourth-order valence-electron chi connectivity index (χ4n) is 3.55. The lowest BCUT2D eigenvalue weighted by atomic mass is 10.1. The minimum absolute atomic E-state index is 0.0208. The van der Waals surface area contributed by atoms with Gasteiger partial charge >= 0.3 is 0 Å². The number of para-hydroxylation sites is 1. The number of amides is 1. The summed E-state index contributed by atoms with van der Waals surface area (Å²) in [4.78, 5) is 12.7. The highest BCUT2D eigenvalue weighted by Crippen LogP contribution is 2.37. The van der Waals surface area contributed by atoms with Crippen molar-refractivity contribution in [2.75, 3.05) is 0 Å². The first-order chi connectivity index (χ1) is 18.2. The molecular formula is C28H24Cl2N2O5S. The lowest BCUT2D eigenvalue weighted by Gasteiger charge is -2.18. The fourth-order valence-corrected chi connectivity index (χ4v) is 4.97. The second kappa shape index (κ2) is 11.9. The van der Waals surface area contributed by atoms with Crippen LogP contribution in [0.2, 0.25) is 10.0 Å². The quantitative estimate of drug-likeness (QED) is 0.237. The van der Waals surface area contributed by atoms with E-state index in [0.717, 1.165) is 11.1 Å². The smallest absolute Gasteiger partial charge is 0.266 e. The topological polar surface area (TPSA) is 108 Å². The van der Waals surface area contributed by atoms with E-state index in [-0.39, 0.29) is 32.8 Å². The standard InChI is InChI=1S/C28H24Cl2N2O5S/c1-18(20-6-5-9-22(16-20)37-21-7-3-2-4-8-21)36-25-15-14-24(26(29)27(25)30)28(33)32-38(34,35)23-12-10-19(17-31)11-13-23/h2-16,18H,17,31H2,1H3,(H,32,33)/t18-/m1/s1. The van der Waals surface area contributed by atoms with Gasteiger partial charge in [-0.25, -0.2) is 13.1 Å². The van der Waals surface area contributed by atoms with E-state index < -0.39 is 22.0 Å². The molecule has 196 valence electrons. The summed E-state index contributed by atoms with van der Waals surface area (Å²) in [5.74, 6) is 0.649. The molecule has 38 heavy (non-hydrogen) atoms. The predicted molar refractivity (Wildman–Crippen MR) is 147 cm³/mol. The Bertz CT molecular complexity index is 1550. The molecule has 10 heteroatoms. The van der Waals surface area contributed by atoms with Crippen LogP contribution in [0.1, 0.15) is 34.5 Å². The third kappa shape index (κ3) is 6.46. The molecule has 0 fully saturated rings. The molecule has 0 saturated heterocycles. The average molecular weight is 571 g/mol. The normalized spacial score (nSPS) is 12.0. The van der Waals surface area contributed by atoms with Crippen molar-refractivity contribution in [3.05, 3.63) is 118 Å². The number of benzene rings is 4. The zero-order valence-electron chi connectivity index (χ0n) is 20.2. The van der Waals surface area contributed by atoms with Crippen LogP contribution < -0.4 is 19.9 Å². The number of rotatable bonds is 9. The van der Waals surface area contributed by atoms with Crippen LogP contribution in [0, 0.1) is 0 Å². The minimum Gasteiger partial charge on any atom is -0.484 e. The third-order valence-electron chi connectivity index (χ3n) is 5.60. The van der Waals surface area contributed by atoms with Crippen molar-refractivity contribution < 1.29 is 22.7 Å². The second-order valence-corrected chi connectivity index (χ2v) is 10.7. The molecule has 1 amide bonds. The molecule has 0 saturated carbocycles. The SMILES string of the molecule is C[C@@H](Oc1ccc(C(=O)NS(=O)(=O)c2ccc(CN)cc2)c(Cl)c1Cl)c1cccc(Oc2ccccc2)c1. The van der Waals surface area contributed by atoms with Crippen LogP contribution in [-0.2, 0) is 16.6 Å². The zero-order valence-corrected chi connectivity index (χ0v) is 22.6. The number of hydrogen-bond donors (Lipinski definition) is 2. The van der Waals surface area contributed by atoms with Gasteiger partial charge in [0.2, 0.25) is 0 Å². The highest BCUT2D eigenvalue weighted by molar-refractivity contribution is 7.90. The number of nitrogens with one attached hydrogen (secondary N) is 1. The van der Waals surface area contributed by atoms with Crippen molar-refractivity contribution in [3.63, 3.8) is 0 Å². The Labute approximate surface area is 231 Å². The highest BCUT2D eigenvalue weighted by atomic mass is 35.5. The maximum Gasteiger partial charge on any atom is 0.266 e. The van der Waals surface area contributed by atoms with E-state index in [0.29, 0.717) is 11.5 Å². The molecule has 0 aromatic heterocycles. The number of carbonyl (C=O) groups excluding carboxylic acids is 1. The summed E-state index contributed by atoms with van der Waals surface area (Å²) in [7, 11) is -4.14. The molecule has 4 rings (SSSR count). The Hall–Kier alpha value is -3.56. The first-order valence-electron chi connectivity index (χ1n) is 11.5. The summed E-state index contributed by atoms with van der Waals surface area (Å²) < 4.78 is 39.2. The monoisotopic (exact) mass is 570 g/mol. The molecule has 0 aliphatic rings. The van der Waals surface area contributed by atoms with Crippen LogP contribution in [-0.4, -0.2) is 14.3 Å². The van der Waals surface area contributed by atoms with Crippen molar-refractivity contribution in [2.45, 2.75) is 24.5 Å². The molecule has 4 aromatic carbocycles. The summed E-state index contributed by atoms with van der Waals surface area (Å²) >= 11 is 12.8. The van der Waals surface area contributed by atoms with E-state index in [1.54, 1.807) is 12.1 Å². The summed E-state index contributed by atoms with van der Waals surface area (Å²) in [6, 6.07) is 25.5. The maximum atomic E-state index is 12.8. The molecule has 3 N–H and O–H groups in total. The third-order valence-corrected chi connectivity index (χ3v) is 7.81. The van der Waals surface area contributed by atoms with Gasteiger partial charge in [-0.3, -0.25) is 4.79 Å². The van der Waals surface area contributed by atoms with E-state index >= 15 is 0 Å². The van der Waals surface area contributed by atoms with Gasteiger partial charge < -0.3 is 15.2 Å². The van der Waals surface area contributed by atoms with E-state index in [2.05, 4.69) is 0 Å². The number of sulfonamides is 1. The summed E-state index contributed by atoms with van der Waals surface area (Å²) in [5.41, 5.74) is 7.00. The van der Waals surface area contributed by atoms with E-state index in [1.165, 1.54) is 24.3 Å². The summed E-state index contributed by atoms with van der Waals surface area (Å²) in [5, 5.41) is -0.156. The van der Waals surface area contributed by atoms with Crippen molar-refractivity contribution in [2.24, 2.45) is 5.73 Å². The maximum absolute atomic E-state index is 12.8. The molecule has 0 aliphatic heterocycles. The van der Waals surface area contributed by atoms with Crippen LogP contribution in [0.3, 0.4) is 0 Å². The molecular weight excluding hydrogens is 547 g/mol. The van der Waals surface area contributed by atoms with Gasteiger partial charge in [-0.15, -0.1) is 0 Å². The van der Waals surface area contributed by atoms with Crippen LogP contribution >= 0.6 is 23.2 Å². The second-order valence-electron chi connectivity index (χ2n) is 8.27. The highest BCUT2D eigenvalue weighted by Gasteiger charge is 2.23. The summed E-state index contributed by atoms with van der Waals surface area (Å²) in [6.45, 7) is 2.09. The Morgan fingerprint density at radius 2 is 1.58 bits per heavy atom. The van der Waals surface area contributed by atoms with Crippen LogP contribution in [0.15, 0.2) is 95.9 Å². The van der Waals surface area contributed by atoms with Crippen molar-refractivity contribution in [1.29, 1.82) is 0 Å². The van der Waals surface area contributed by atoms with Crippen molar-refractivity contribution >= 4 is 39.1 Å². The molecule has 0 heterocycles. The molecule has 1 atom stereocenters. The largest absolute Gasteiger partial charge is 0.484 e. The number of carbonyl (C=O) groups is 1. The zero-order chi connectivity index (χ0) is 27.3. The lowest BCUT2D eigenvalue weighted by molar-refractivity contribution is 0.0981. The number of ether oxygens (including phenoxy) is 2. The van der Waals surface area contributed by atoms with Gasteiger partial charge in [-0.05, 0) is 66.6 Å². The molecule has 0 radical (unpaired) electrons. The van der Waals surface area contributed by atoms with Gasteiger partial charge in [0.05, 0.1) is 15.5 Å². The first kappa shape index (κ1) is 27.5. The van der Waals surface area contributed by atoms with Gasteiger partial charge in [0.1, 0.15) is 28.4 Å². The van der Waals surface area contributed by atoms with Crippen molar-refractivity contribution in [1.82, 2.24) is 4.72 Å². The Balaban J connectivity index is 1.48. The minimum atomic E-state index is -4.14. The predicted octanol–water partition coefficient (Wildman–Crippen LogP) is 6.50. The first-order valence-corrected chi connectivity index (χ1v) is 13.8. The van der Waals surface area contributed by atoms with Crippen molar-refractivity contribution in [3.8, 4) is 17.2 Å². The van der Waals surface area contributed by atoms with E-state index in [1.807, 2.05) is 66.2 Å². The molecule has 0 bridgehead atoms. The molecule has 0 unspecified atom stereocenters. The number of hydrogen-bond acceptors (Lipinski definition) is 6. The van der Waals surface area contributed by atoms with Gasteiger partial charge in [0, 0.05) is 6.54 Å². The van der Waals surface area contributed by atoms with Crippen LogP contribution in [0.25, 0.3) is 0 Å². The van der Waals surface area contributed by atoms with Gasteiger partial charge in [-0.1, -0.05) is 65.7 Å². The Morgan fingerprint density at radius 1 is 0.895 bits per heavy atom. The Kier molecular flexibility index (Phi) is 8.58. The van der Waals surface area contributed by atoms with Gasteiger partial charge in [-0.2, -0.15) is 0 Å². The number of nitrogens with two attached hydrogens (primary N) is 1. The summed E-state index contributed by atoms with van der Waals surface area (Å²) in [6.07, 6.45) is -0.445. The molecule has 0 aliphatic carbocycles. The van der Waals surface area contributed by atoms with Crippen LogP contribution in [0.4, 0.5) is 0 Å². The molecule has 4 aromatic rings. The molecule has 7 nitrogen and oxygen atoms in total. The Morgan fingerprint density at radius 3 is 2.26 bits per heavy atom. The van der Waals surface area contributed by atoms with E-state index in [4.69, 9.17) is 38.4 Å². The van der Waals surface area contributed by atoms with Gasteiger partial charge in [0.25, 0.3) is 15.9 Å². The van der Waals surface area contributed by atoms with Gasteiger partial charge in [0.15, 0.2) is 0 Å². The fraction of sp³-hybridized carbons (Fsp3) is 0.107.